The molecular weight excluding hydrogens is 324 g/mol. The fourth-order valence-corrected chi connectivity index (χ4v) is 3.53. The molecule has 24 heavy (non-hydrogen) atoms. The first kappa shape index (κ1) is 16.4. The Morgan fingerprint density at radius 2 is 2.17 bits per heavy atom. The van der Waals surface area contributed by atoms with Gasteiger partial charge < -0.3 is 15.5 Å². The molecule has 0 aromatic carbocycles. The second kappa shape index (κ2) is 7.92. The molecule has 0 spiro atoms. The van der Waals surface area contributed by atoms with E-state index in [1.807, 2.05) is 23.1 Å². The standard InChI is InChI=1S/C17H20N4O2S/c22-16(21-9-5-15-13(12-21)6-10-24-15)4-8-19-17(23)20-11-14-3-1-2-7-18-14/h1-3,6-7,10H,4-5,8-9,11-12H2,(H2,19,20,23). The van der Waals surface area contributed by atoms with Crippen molar-refractivity contribution < 1.29 is 9.59 Å². The van der Waals surface area contributed by atoms with E-state index in [1.54, 1.807) is 17.5 Å². The molecule has 1 aliphatic heterocycles. The SMILES string of the molecule is O=C(NCCC(=O)N1CCc2sccc2C1)NCc1ccccn1. The molecule has 0 bridgehead atoms. The number of pyridine rings is 1. The number of fused-ring (bicyclic) bond motifs is 1. The third-order valence-corrected chi connectivity index (χ3v) is 4.96. The molecular formula is C17H20N4O2S. The van der Waals surface area contributed by atoms with Crippen LogP contribution < -0.4 is 10.6 Å². The molecule has 0 atom stereocenters. The zero-order valence-corrected chi connectivity index (χ0v) is 14.1. The van der Waals surface area contributed by atoms with Crippen molar-refractivity contribution >= 4 is 23.3 Å². The van der Waals surface area contributed by atoms with Crippen LogP contribution in [-0.4, -0.2) is 34.9 Å². The lowest BCUT2D eigenvalue weighted by Crippen LogP contribution is -2.40. The van der Waals surface area contributed by atoms with Crippen LogP contribution in [0.25, 0.3) is 0 Å². The maximum Gasteiger partial charge on any atom is 0.315 e. The summed E-state index contributed by atoms with van der Waals surface area (Å²) in [5.74, 6) is 0.0804. The minimum Gasteiger partial charge on any atom is -0.338 e. The fourth-order valence-electron chi connectivity index (χ4n) is 2.64. The van der Waals surface area contributed by atoms with Gasteiger partial charge in [0, 0.05) is 37.1 Å². The molecule has 2 aromatic rings. The number of amides is 3. The molecule has 2 N–H and O–H groups in total. The zero-order valence-electron chi connectivity index (χ0n) is 13.3. The fraction of sp³-hybridized carbons (Fsp3) is 0.353. The average Bonchev–Trinajstić information content (AvgIpc) is 3.08. The van der Waals surface area contributed by atoms with Crippen LogP contribution in [0.15, 0.2) is 35.8 Å². The van der Waals surface area contributed by atoms with E-state index in [2.05, 4.69) is 27.1 Å². The Morgan fingerprint density at radius 3 is 3.00 bits per heavy atom. The average molecular weight is 344 g/mol. The Labute approximate surface area is 144 Å². The lowest BCUT2D eigenvalue weighted by atomic mass is 10.1. The van der Waals surface area contributed by atoms with E-state index >= 15 is 0 Å². The van der Waals surface area contributed by atoms with E-state index in [1.165, 1.54) is 10.4 Å². The van der Waals surface area contributed by atoms with E-state index in [9.17, 15) is 9.59 Å². The van der Waals surface area contributed by atoms with Crippen LogP contribution in [0.4, 0.5) is 4.79 Å². The van der Waals surface area contributed by atoms with Gasteiger partial charge in [-0.15, -0.1) is 11.3 Å². The quantitative estimate of drug-likeness (QED) is 0.870. The first-order valence-electron chi connectivity index (χ1n) is 7.97. The van der Waals surface area contributed by atoms with Crippen molar-refractivity contribution in [3.05, 3.63) is 52.0 Å². The number of urea groups is 1. The summed E-state index contributed by atoms with van der Waals surface area (Å²) >= 11 is 1.76. The molecule has 0 radical (unpaired) electrons. The highest BCUT2D eigenvalue weighted by Crippen LogP contribution is 2.24. The first-order valence-corrected chi connectivity index (χ1v) is 8.85. The maximum absolute atomic E-state index is 12.2. The number of nitrogens with zero attached hydrogens (tertiary/aromatic N) is 2. The van der Waals surface area contributed by atoms with Gasteiger partial charge >= 0.3 is 6.03 Å². The summed E-state index contributed by atoms with van der Waals surface area (Å²) in [7, 11) is 0. The van der Waals surface area contributed by atoms with Crippen LogP contribution in [0.5, 0.6) is 0 Å². The lowest BCUT2D eigenvalue weighted by Gasteiger charge is -2.27. The van der Waals surface area contributed by atoms with E-state index in [-0.39, 0.29) is 11.9 Å². The van der Waals surface area contributed by atoms with Crippen LogP contribution in [0.1, 0.15) is 22.6 Å². The molecule has 1 aliphatic rings. The lowest BCUT2D eigenvalue weighted by molar-refractivity contribution is -0.131. The van der Waals surface area contributed by atoms with Crippen LogP contribution >= 0.6 is 11.3 Å². The van der Waals surface area contributed by atoms with Crippen molar-refractivity contribution in [1.82, 2.24) is 20.5 Å². The summed E-state index contributed by atoms with van der Waals surface area (Å²) in [4.78, 5) is 31.3. The van der Waals surface area contributed by atoms with E-state index in [0.29, 0.717) is 26.1 Å². The summed E-state index contributed by atoms with van der Waals surface area (Å²) < 4.78 is 0. The van der Waals surface area contributed by atoms with Gasteiger partial charge in [-0.1, -0.05) is 6.07 Å². The number of aromatic nitrogens is 1. The number of carbonyl (C=O) groups excluding carboxylic acids is 2. The molecule has 3 heterocycles. The largest absolute Gasteiger partial charge is 0.338 e. The van der Waals surface area contributed by atoms with Crippen LogP contribution in [0.2, 0.25) is 0 Å². The van der Waals surface area contributed by atoms with Gasteiger partial charge in [0.15, 0.2) is 0 Å². The topological polar surface area (TPSA) is 74.3 Å². The Bertz CT molecular complexity index is 702. The van der Waals surface area contributed by atoms with Crippen LogP contribution in [0, 0.1) is 0 Å². The molecule has 3 amide bonds. The molecule has 6 nitrogen and oxygen atoms in total. The summed E-state index contributed by atoms with van der Waals surface area (Å²) in [6.07, 6.45) is 2.93. The number of hydrogen-bond donors (Lipinski definition) is 2. The van der Waals surface area contributed by atoms with Crippen molar-refractivity contribution in [2.45, 2.75) is 25.9 Å². The van der Waals surface area contributed by atoms with Gasteiger partial charge in [-0.05, 0) is 35.6 Å². The van der Waals surface area contributed by atoms with Gasteiger partial charge in [-0.3, -0.25) is 9.78 Å². The smallest absolute Gasteiger partial charge is 0.315 e. The van der Waals surface area contributed by atoms with Crippen molar-refractivity contribution in [3.63, 3.8) is 0 Å². The molecule has 0 saturated carbocycles. The third kappa shape index (κ3) is 4.32. The number of thiophene rings is 1. The van der Waals surface area contributed by atoms with Crippen molar-refractivity contribution in [1.29, 1.82) is 0 Å². The maximum atomic E-state index is 12.2. The zero-order chi connectivity index (χ0) is 16.8. The summed E-state index contributed by atoms with van der Waals surface area (Å²) in [6, 6.07) is 7.35. The molecule has 3 rings (SSSR count). The number of carbonyl (C=O) groups is 2. The van der Waals surface area contributed by atoms with E-state index < -0.39 is 0 Å². The molecule has 2 aromatic heterocycles. The predicted octanol–water partition coefficient (Wildman–Crippen LogP) is 1.92. The molecule has 0 saturated heterocycles. The Kier molecular flexibility index (Phi) is 5.43. The van der Waals surface area contributed by atoms with Gasteiger partial charge in [0.2, 0.25) is 5.91 Å². The molecule has 126 valence electrons. The highest BCUT2D eigenvalue weighted by atomic mass is 32.1. The predicted molar refractivity (Wildman–Crippen MR) is 92.5 cm³/mol. The van der Waals surface area contributed by atoms with Crippen molar-refractivity contribution in [2.75, 3.05) is 13.1 Å². The van der Waals surface area contributed by atoms with Crippen LogP contribution in [0.3, 0.4) is 0 Å². The van der Waals surface area contributed by atoms with Gasteiger partial charge in [0.25, 0.3) is 0 Å². The summed E-state index contributed by atoms with van der Waals surface area (Å²) in [6.45, 7) is 2.15. The van der Waals surface area contributed by atoms with Crippen LogP contribution in [-0.2, 0) is 24.3 Å². The second-order valence-corrected chi connectivity index (χ2v) is 6.62. The van der Waals surface area contributed by atoms with Gasteiger partial charge in [-0.25, -0.2) is 4.79 Å². The highest BCUT2D eigenvalue weighted by molar-refractivity contribution is 7.10. The molecule has 0 aliphatic carbocycles. The molecule has 0 unspecified atom stereocenters. The minimum atomic E-state index is -0.285. The monoisotopic (exact) mass is 344 g/mol. The van der Waals surface area contributed by atoms with Crippen molar-refractivity contribution in [2.24, 2.45) is 0 Å². The van der Waals surface area contributed by atoms with E-state index in [4.69, 9.17) is 0 Å². The Morgan fingerprint density at radius 1 is 1.25 bits per heavy atom. The first-order chi connectivity index (χ1) is 11.7. The molecule has 0 fully saturated rings. The number of rotatable bonds is 5. The molecule has 7 heteroatoms. The van der Waals surface area contributed by atoms with E-state index in [0.717, 1.165) is 18.7 Å². The summed E-state index contributed by atoms with van der Waals surface area (Å²) in [5.41, 5.74) is 2.05. The number of nitrogens with one attached hydrogen (secondary N) is 2. The summed E-state index contributed by atoms with van der Waals surface area (Å²) in [5, 5.41) is 7.52. The minimum absolute atomic E-state index is 0.0804. The third-order valence-electron chi connectivity index (χ3n) is 3.94. The number of hydrogen-bond acceptors (Lipinski definition) is 4. The Hall–Kier alpha value is -2.41. The Balaban J connectivity index is 1.35. The van der Waals surface area contributed by atoms with Gasteiger partial charge in [0.1, 0.15) is 0 Å². The van der Waals surface area contributed by atoms with Gasteiger partial charge in [-0.2, -0.15) is 0 Å². The van der Waals surface area contributed by atoms with Crippen molar-refractivity contribution in [3.8, 4) is 0 Å². The van der Waals surface area contributed by atoms with Gasteiger partial charge in [0.05, 0.1) is 12.2 Å². The normalized spacial score (nSPS) is 13.2. The highest BCUT2D eigenvalue weighted by Gasteiger charge is 2.21. The second-order valence-electron chi connectivity index (χ2n) is 5.61.